The molecule has 0 aliphatic heterocycles. The second-order valence-electron chi connectivity index (χ2n) is 7.69. The highest BCUT2D eigenvalue weighted by molar-refractivity contribution is 7.15. The number of nitrogens with zero attached hydrogens (tertiary/aromatic N) is 4. The van der Waals surface area contributed by atoms with Crippen LogP contribution in [0, 0.1) is 0 Å². The molecule has 0 saturated carbocycles. The fourth-order valence-corrected chi connectivity index (χ4v) is 4.30. The Bertz CT molecular complexity index is 1510. The Balaban J connectivity index is 1.37. The maximum Gasteiger partial charge on any atom is 0.267 e. The summed E-state index contributed by atoms with van der Waals surface area (Å²) < 4.78 is 8.34. The number of fused-ring (bicyclic) bond motifs is 1. The highest BCUT2D eigenvalue weighted by atomic mass is 32.1. The molecular formula is C25H21N5O3S. The van der Waals surface area contributed by atoms with Crippen LogP contribution in [-0.2, 0) is 4.79 Å². The number of rotatable bonds is 6. The molecule has 0 aliphatic rings. The minimum absolute atomic E-state index is 0.343. The Morgan fingerprint density at radius 3 is 2.65 bits per heavy atom. The van der Waals surface area contributed by atoms with Gasteiger partial charge >= 0.3 is 0 Å². The predicted molar refractivity (Wildman–Crippen MR) is 132 cm³/mol. The number of imidazole rings is 1. The second-order valence-corrected chi connectivity index (χ2v) is 8.57. The quantitative estimate of drug-likeness (QED) is 0.394. The number of carbonyl (C=O) groups is 1. The van der Waals surface area contributed by atoms with E-state index in [1.807, 2.05) is 64.6 Å². The summed E-state index contributed by atoms with van der Waals surface area (Å²) in [6.07, 6.45) is 3.90. The number of benzene rings is 2. The van der Waals surface area contributed by atoms with Gasteiger partial charge in [0.1, 0.15) is 11.8 Å². The van der Waals surface area contributed by atoms with Gasteiger partial charge in [-0.3, -0.25) is 14.0 Å². The van der Waals surface area contributed by atoms with Crippen molar-refractivity contribution < 1.29 is 9.53 Å². The van der Waals surface area contributed by atoms with Crippen LogP contribution in [0.1, 0.15) is 13.0 Å². The molecular weight excluding hydrogens is 450 g/mol. The Morgan fingerprint density at radius 2 is 1.88 bits per heavy atom. The van der Waals surface area contributed by atoms with Gasteiger partial charge in [0, 0.05) is 40.7 Å². The number of hydrogen-bond donors (Lipinski definition) is 1. The largest absolute Gasteiger partial charge is 0.497 e. The van der Waals surface area contributed by atoms with E-state index in [2.05, 4.69) is 15.4 Å². The minimum atomic E-state index is -0.813. The highest BCUT2D eigenvalue weighted by Crippen LogP contribution is 2.25. The van der Waals surface area contributed by atoms with Crippen molar-refractivity contribution in [2.75, 3.05) is 12.4 Å². The maximum atomic E-state index is 13.0. The average Bonchev–Trinajstić information content (AvgIpc) is 3.47. The zero-order chi connectivity index (χ0) is 23.7. The van der Waals surface area contributed by atoms with Crippen LogP contribution in [0.25, 0.3) is 27.5 Å². The monoisotopic (exact) mass is 471 g/mol. The summed E-state index contributed by atoms with van der Waals surface area (Å²) in [5, 5.41) is 9.30. The topological polar surface area (TPSA) is 90.5 Å². The molecule has 3 heterocycles. The Morgan fingerprint density at radius 1 is 1.06 bits per heavy atom. The fourth-order valence-electron chi connectivity index (χ4n) is 3.60. The van der Waals surface area contributed by atoms with E-state index in [1.165, 1.54) is 10.7 Å². The third kappa shape index (κ3) is 4.20. The summed E-state index contributed by atoms with van der Waals surface area (Å²) in [4.78, 5) is 31.0. The van der Waals surface area contributed by atoms with E-state index in [1.54, 1.807) is 37.5 Å². The molecule has 1 unspecified atom stereocenters. The molecule has 0 saturated heterocycles. The third-order valence-corrected chi connectivity index (χ3v) is 6.25. The summed E-state index contributed by atoms with van der Waals surface area (Å²) in [5.41, 5.74) is 3.37. The molecule has 170 valence electrons. The minimum Gasteiger partial charge on any atom is -0.497 e. The van der Waals surface area contributed by atoms with Crippen LogP contribution in [0.4, 0.5) is 5.69 Å². The van der Waals surface area contributed by atoms with Gasteiger partial charge in [-0.1, -0.05) is 12.1 Å². The van der Waals surface area contributed by atoms with Crippen molar-refractivity contribution in [1.82, 2.24) is 19.2 Å². The molecule has 0 spiro atoms. The first kappa shape index (κ1) is 21.6. The molecule has 9 heteroatoms. The van der Waals surface area contributed by atoms with Crippen molar-refractivity contribution >= 4 is 27.9 Å². The lowest BCUT2D eigenvalue weighted by atomic mass is 10.1. The zero-order valence-corrected chi connectivity index (χ0v) is 19.3. The fraction of sp³-hybridized carbons (Fsp3) is 0.120. The Kier molecular flexibility index (Phi) is 5.69. The number of anilines is 1. The third-order valence-electron chi connectivity index (χ3n) is 5.48. The van der Waals surface area contributed by atoms with Crippen LogP contribution in [0.2, 0.25) is 0 Å². The number of aromatic nitrogens is 4. The molecule has 5 rings (SSSR count). The maximum absolute atomic E-state index is 13.0. The lowest BCUT2D eigenvalue weighted by Crippen LogP contribution is -2.33. The number of hydrogen-bond acceptors (Lipinski definition) is 6. The number of ether oxygens (including phenoxy) is 1. The molecule has 0 fully saturated rings. The van der Waals surface area contributed by atoms with E-state index in [0.717, 1.165) is 27.5 Å². The van der Waals surface area contributed by atoms with Gasteiger partial charge in [-0.2, -0.15) is 5.10 Å². The summed E-state index contributed by atoms with van der Waals surface area (Å²) in [6.45, 7) is 1.65. The molecule has 0 radical (unpaired) electrons. The van der Waals surface area contributed by atoms with Crippen molar-refractivity contribution in [2.45, 2.75) is 13.0 Å². The van der Waals surface area contributed by atoms with E-state index < -0.39 is 6.04 Å². The van der Waals surface area contributed by atoms with Gasteiger partial charge in [0.05, 0.1) is 18.5 Å². The van der Waals surface area contributed by atoms with Crippen molar-refractivity contribution in [3.8, 4) is 28.3 Å². The van der Waals surface area contributed by atoms with Crippen molar-refractivity contribution in [3.05, 3.63) is 88.8 Å². The van der Waals surface area contributed by atoms with Crippen LogP contribution >= 0.6 is 11.3 Å². The lowest BCUT2D eigenvalue weighted by molar-refractivity contribution is -0.119. The van der Waals surface area contributed by atoms with Crippen molar-refractivity contribution in [2.24, 2.45) is 0 Å². The first-order valence-corrected chi connectivity index (χ1v) is 11.5. The van der Waals surface area contributed by atoms with E-state index >= 15 is 0 Å². The van der Waals surface area contributed by atoms with Crippen LogP contribution in [0.5, 0.6) is 5.75 Å². The normalized spacial score (nSPS) is 11.9. The summed E-state index contributed by atoms with van der Waals surface area (Å²) >= 11 is 1.56. The second kappa shape index (κ2) is 8.95. The van der Waals surface area contributed by atoms with E-state index in [-0.39, 0.29) is 11.5 Å². The Labute approximate surface area is 199 Å². The summed E-state index contributed by atoms with van der Waals surface area (Å²) in [6, 6.07) is 17.1. The number of nitrogens with one attached hydrogen (secondary N) is 1. The van der Waals surface area contributed by atoms with Crippen LogP contribution in [0.3, 0.4) is 0 Å². The number of amides is 1. The molecule has 1 amide bonds. The standard InChI is InChI=1S/C25H21N5O3S/c1-16(30-23(31)11-10-21(28-30)17-6-8-20(33-2)9-7-17)24(32)26-19-5-3-4-18(14-19)22-15-29-12-13-34-25(29)27-22/h3-16H,1-2H3,(H,26,32). The van der Waals surface area contributed by atoms with E-state index in [0.29, 0.717) is 11.4 Å². The molecule has 5 aromatic rings. The number of methoxy groups -OCH3 is 1. The first-order valence-electron chi connectivity index (χ1n) is 10.6. The molecule has 34 heavy (non-hydrogen) atoms. The predicted octanol–water partition coefficient (Wildman–Crippen LogP) is 4.49. The molecule has 0 bridgehead atoms. The molecule has 0 aliphatic carbocycles. The van der Waals surface area contributed by atoms with Gasteiger partial charge in [-0.05, 0) is 49.4 Å². The van der Waals surface area contributed by atoms with Crippen LogP contribution in [0.15, 0.2) is 83.2 Å². The van der Waals surface area contributed by atoms with E-state index in [4.69, 9.17) is 4.74 Å². The lowest BCUT2D eigenvalue weighted by Gasteiger charge is -2.15. The first-order chi connectivity index (χ1) is 16.5. The smallest absolute Gasteiger partial charge is 0.267 e. The molecule has 3 aromatic heterocycles. The molecule has 1 atom stereocenters. The SMILES string of the molecule is COc1ccc(-c2ccc(=O)n(C(C)C(=O)Nc3cccc(-c4cn5ccsc5n4)c3)n2)cc1. The number of carbonyl (C=O) groups excluding carboxylic acids is 1. The van der Waals surface area contributed by atoms with Crippen LogP contribution in [-0.4, -0.2) is 32.2 Å². The molecule has 1 N–H and O–H groups in total. The van der Waals surface area contributed by atoms with Gasteiger partial charge in [-0.25, -0.2) is 9.67 Å². The van der Waals surface area contributed by atoms with Gasteiger partial charge in [-0.15, -0.1) is 11.3 Å². The molecule has 2 aromatic carbocycles. The summed E-state index contributed by atoms with van der Waals surface area (Å²) in [7, 11) is 1.60. The van der Waals surface area contributed by atoms with Crippen molar-refractivity contribution in [3.63, 3.8) is 0 Å². The van der Waals surface area contributed by atoms with Crippen molar-refractivity contribution in [1.29, 1.82) is 0 Å². The van der Waals surface area contributed by atoms with Gasteiger partial charge < -0.3 is 10.1 Å². The summed E-state index contributed by atoms with van der Waals surface area (Å²) in [5.74, 6) is 0.381. The highest BCUT2D eigenvalue weighted by Gasteiger charge is 2.19. The van der Waals surface area contributed by atoms with Gasteiger partial charge in [0.15, 0.2) is 4.96 Å². The Hall–Kier alpha value is -4.24. The zero-order valence-electron chi connectivity index (χ0n) is 18.5. The number of thiazole rings is 1. The average molecular weight is 472 g/mol. The van der Waals surface area contributed by atoms with Crippen LogP contribution < -0.4 is 15.6 Å². The molecule has 8 nitrogen and oxygen atoms in total. The van der Waals surface area contributed by atoms with Gasteiger partial charge in [0.2, 0.25) is 5.91 Å². The van der Waals surface area contributed by atoms with Gasteiger partial charge in [0.25, 0.3) is 5.56 Å². The van der Waals surface area contributed by atoms with E-state index in [9.17, 15) is 9.59 Å².